The Balaban J connectivity index is 3.99. The lowest BCUT2D eigenvalue weighted by atomic mass is 9.85. The Kier molecular flexibility index (Phi) is 15.6. The van der Waals surface area contributed by atoms with E-state index in [1.54, 1.807) is 0 Å². The maximum Gasteiger partial charge on any atom is 0.309 e. The van der Waals surface area contributed by atoms with E-state index in [9.17, 15) is 19.5 Å². The second-order valence-electron chi connectivity index (χ2n) is 7.35. The molecule has 0 saturated heterocycles. The van der Waals surface area contributed by atoms with Crippen molar-refractivity contribution < 1.29 is 29.3 Å². The molecule has 0 rings (SSSR count). The molecule has 0 bridgehead atoms. The lowest BCUT2D eigenvalue weighted by molar-refractivity contribution is -0.159. The summed E-state index contributed by atoms with van der Waals surface area (Å²) >= 11 is 0. The van der Waals surface area contributed by atoms with Crippen molar-refractivity contribution in [3.05, 3.63) is 0 Å². The fourth-order valence-electron chi connectivity index (χ4n) is 3.43. The minimum absolute atomic E-state index is 0.356. The predicted octanol–water partition coefficient (Wildman–Crippen LogP) is 5.04. The number of ether oxygens (including phenoxy) is 1. The van der Waals surface area contributed by atoms with Crippen LogP contribution in [0.5, 0.6) is 0 Å². The molecule has 0 fully saturated rings. The summed E-state index contributed by atoms with van der Waals surface area (Å²) in [5, 5.41) is 18.2. The van der Waals surface area contributed by atoms with E-state index in [1.165, 1.54) is 58.5 Å². The highest BCUT2D eigenvalue weighted by Gasteiger charge is 2.35. The molecular formula is C21H38O6. The molecule has 0 radical (unpaired) electrons. The molecule has 2 N–H and O–H groups in total. The SMILES string of the molecule is CCCCCCCCCCCCCC[C@H](C(=O)OC)[C@@H](CC(=O)O)C(=O)O. The third-order valence-electron chi connectivity index (χ3n) is 5.07. The Labute approximate surface area is 163 Å². The molecule has 0 aromatic rings. The maximum absolute atomic E-state index is 11.9. The molecule has 0 aromatic heterocycles. The zero-order valence-electron chi connectivity index (χ0n) is 17.1. The van der Waals surface area contributed by atoms with Gasteiger partial charge in [-0.2, -0.15) is 0 Å². The van der Waals surface area contributed by atoms with Crippen molar-refractivity contribution in [1.82, 2.24) is 0 Å². The molecule has 158 valence electrons. The van der Waals surface area contributed by atoms with Crippen LogP contribution in [-0.2, 0) is 19.1 Å². The normalized spacial score (nSPS) is 13.1. The van der Waals surface area contributed by atoms with Gasteiger partial charge < -0.3 is 14.9 Å². The molecule has 0 aliphatic rings. The van der Waals surface area contributed by atoms with E-state index in [0.29, 0.717) is 12.8 Å². The lowest BCUT2D eigenvalue weighted by Crippen LogP contribution is -2.32. The molecule has 0 spiro atoms. The van der Waals surface area contributed by atoms with Crippen LogP contribution in [0.3, 0.4) is 0 Å². The van der Waals surface area contributed by atoms with Gasteiger partial charge in [0, 0.05) is 0 Å². The van der Waals surface area contributed by atoms with Crippen molar-refractivity contribution in [2.45, 2.75) is 96.8 Å². The van der Waals surface area contributed by atoms with E-state index in [4.69, 9.17) is 5.11 Å². The van der Waals surface area contributed by atoms with Crippen molar-refractivity contribution in [3.63, 3.8) is 0 Å². The Morgan fingerprint density at radius 1 is 0.741 bits per heavy atom. The van der Waals surface area contributed by atoms with Crippen LogP contribution < -0.4 is 0 Å². The Morgan fingerprint density at radius 3 is 1.56 bits per heavy atom. The van der Waals surface area contributed by atoms with Gasteiger partial charge in [-0.25, -0.2) is 0 Å². The second kappa shape index (κ2) is 16.6. The van der Waals surface area contributed by atoms with Crippen LogP contribution in [0.2, 0.25) is 0 Å². The van der Waals surface area contributed by atoms with Gasteiger partial charge in [0.15, 0.2) is 0 Å². The summed E-state index contributed by atoms with van der Waals surface area (Å²) in [5.74, 6) is -5.24. The molecule has 0 aromatic carbocycles. The first kappa shape index (κ1) is 25.4. The van der Waals surface area contributed by atoms with E-state index in [1.807, 2.05) is 0 Å². The summed E-state index contributed by atoms with van der Waals surface area (Å²) in [6.45, 7) is 2.22. The van der Waals surface area contributed by atoms with Crippen LogP contribution in [0.25, 0.3) is 0 Å². The highest BCUT2D eigenvalue weighted by molar-refractivity contribution is 5.84. The summed E-state index contributed by atoms with van der Waals surface area (Å²) in [5.41, 5.74) is 0. The average molecular weight is 387 g/mol. The Hall–Kier alpha value is -1.59. The molecule has 27 heavy (non-hydrogen) atoms. The van der Waals surface area contributed by atoms with Crippen molar-refractivity contribution >= 4 is 17.9 Å². The zero-order valence-corrected chi connectivity index (χ0v) is 17.1. The minimum atomic E-state index is -1.26. The average Bonchev–Trinajstić information content (AvgIpc) is 2.63. The van der Waals surface area contributed by atoms with Gasteiger partial charge in [-0.1, -0.05) is 84.0 Å². The summed E-state index contributed by atoms with van der Waals surface area (Å²) in [4.78, 5) is 34.1. The molecule has 0 aliphatic heterocycles. The van der Waals surface area contributed by atoms with Gasteiger partial charge in [-0.05, 0) is 6.42 Å². The summed E-state index contributed by atoms with van der Waals surface area (Å²) in [6, 6.07) is 0. The third-order valence-corrected chi connectivity index (χ3v) is 5.07. The van der Waals surface area contributed by atoms with E-state index in [2.05, 4.69) is 11.7 Å². The van der Waals surface area contributed by atoms with Crippen molar-refractivity contribution in [3.8, 4) is 0 Å². The molecule has 6 heteroatoms. The number of unbranched alkanes of at least 4 members (excludes halogenated alkanes) is 11. The van der Waals surface area contributed by atoms with Gasteiger partial charge in [0.2, 0.25) is 0 Å². The van der Waals surface area contributed by atoms with Gasteiger partial charge in [-0.15, -0.1) is 0 Å². The molecule has 0 unspecified atom stereocenters. The number of rotatable bonds is 18. The second-order valence-corrected chi connectivity index (χ2v) is 7.35. The molecule has 0 saturated carbocycles. The van der Waals surface area contributed by atoms with Crippen molar-refractivity contribution in [2.24, 2.45) is 11.8 Å². The van der Waals surface area contributed by atoms with Crippen molar-refractivity contribution in [1.29, 1.82) is 0 Å². The smallest absolute Gasteiger partial charge is 0.309 e. The first-order valence-electron chi connectivity index (χ1n) is 10.5. The number of carboxylic acid groups (broad SMARTS) is 2. The molecule has 0 amide bonds. The molecule has 0 heterocycles. The van der Waals surface area contributed by atoms with E-state index in [0.717, 1.165) is 19.3 Å². The van der Waals surface area contributed by atoms with Gasteiger partial charge in [-0.3, -0.25) is 14.4 Å². The first-order chi connectivity index (χ1) is 12.9. The highest BCUT2D eigenvalue weighted by atomic mass is 16.5. The number of carbonyl (C=O) groups excluding carboxylic acids is 1. The fraction of sp³-hybridized carbons (Fsp3) is 0.857. The van der Waals surface area contributed by atoms with Gasteiger partial charge >= 0.3 is 17.9 Å². The zero-order chi connectivity index (χ0) is 20.5. The largest absolute Gasteiger partial charge is 0.481 e. The summed E-state index contributed by atoms with van der Waals surface area (Å²) < 4.78 is 4.69. The third kappa shape index (κ3) is 13.3. The quantitative estimate of drug-likeness (QED) is 0.253. The highest BCUT2D eigenvalue weighted by Crippen LogP contribution is 2.25. The number of carbonyl (C=O) groups is 3. The number of hydrogen-bond acceptors (Lipinski definition) is 4. The van der Waals surface area contributed by atoms with Crippen LogP contribution in [-0.4, -0.2) is 35.2 Å². The van der Waals surface area contributed by atoms with Crippen LogP contribution in [0.1, 0.15) is 96.8 Å². The number of methoxy groups -OCH3 is 1. The van der Waals surface area contributed by atoms with E-state index in [-0.39, 0.29) is 0 Å². The maximum atomic E-state index is 11.9. The Bertz CT molecular complexity index is 421. The number of carboxylic acids is 2. The van der Waals surface area contributed by atoms with E-state index < -0.39 is 36.2 Å². The van der Waals surface area contributed by atoms with Crippen LogP contribution in [0.4, 0.5) is 0 Å². The summed E-state index contributed by atoms with van der Waals surface area (Å²) in [6.07, 6.45) is 14.0. The molecular weight excluding hydrogens is 348 g/mol. The fourth-order valence-corrected chi connectivity index (χ4v) is 3.43. The minimum Gasteiger partial charge on any atom is -0.481 e. The molecule has 2 atom stereocenters. The van der Waals surface area contributed by atoms with Crippen LogP contribution in [0, 0.1) is 11.8 Å². The summed E-state index contributed by atoms with van der Waals surface area (Å²) in [7, 11) is 1.21. The van der Waals surface area contributed by atoms with E-state index >= 15 is 0 Å². The number of aliphatic carboxylic acids is 2. The topological polar surface area (TPSA) is 101 Å². The Morgan fingerprint density at radius 2 is 1.19 bits per heavy atom. The first-order valence-corrected chi connectivity index (χ1v) is 10.5. The van der Waals surface area contributed by atoms with Gasteiger partial charge in [0.05, 0.1) is 25.4 Å². The lowest BCUT2D eigenvalue weighted by Gasteiger charge is -2.20. The number of hydrogen-bond donors (Lipinski definition) is 2. The van der Waals surface area contributed by atoms with Crippen molar-refractivity contribution in [2.75, 3.05) is 7.11 Å². The predicted molar refractivity (Wildman–Crippen MR) is 105 cm³/mol. The molecule has 6 nitrogen and oxygen atoms in total. The van der Waals surface area contributed by atoms with Crippen LogP contribution in [0.15, 0.2) is 0 Å². The standard InChI is InChI=1S/C21H38O6/c1-3-4-5-6-7-8-9-10-11-12-13-14-15-17(21(26)27-2)18(20(24)25)16-19(22)23/h17-18H,3-16H2,1-2H3,(H,22,23)(H,24,25)/t17-,18+/m0/s1. The van der Waals surface area contributed by atoms with Gasteiger partial charge in [0.1, 0.15) is 0 Å². The monoisotopic (exact) mass is 386 g/mol. The van der Waals surface area contributed by atoms with Crippen LogP contribution >= 0.6 is 0 Å². The van der Waals surface area contributed by atoms with Gasteiger partial charge in [0.25, 0.3) is 0 Å². The number of esters is 1. The molecule has 0 aliphatic carbocycles.